The second kappa shape index (κ2) is 6.12. The van der Waals surface area contributed by atoms with E-state index >= 15 is 0 Å². The molecule has 112 valence electrons. The summed E-state index contributed by atoms with van der Waals surface area (Å²) in [7, 11) is 0. The number of hydrogen-bond donors (Lipinski definition) is 0. The molecule has 2 saturated heterocycles. The van der Waals surface area contributed by atoms with Crippen molar-refractivity contribution >= 4 is 11.9 Å². The molecule has 5 nitrogen and oxygen atoms in total. The first kappa shape index (κ1) is 13.9. The van der Waals surface area contributed by atoms with Crippen molar-refractivity contribution in [3.8, 4) is 0 Å². The lowest BCUT2D eigenvalue weighted by atomic mass is 9.84. The van der Waals surface area contributed by atoms with E-state index in [2.05, 4.69) is 4.90 Å². The Hall–Kier alpha value is -1.10. The van der Waals surface area contributed by atoms with Gasteiger partial charge in [-0.05, 0) is 25.7 Å². The van der Waals surface area contributed by atoms with E-state index < -0.39 is 0 Å². The molecule has 0 radical (unpaired) electrons. The Balaban J connectivity index is 1.46. The second-order valence-electron chi connectivity index (χ2n) is 6.26. The van der Waals surface area contributed by atoms with Gasteiger partial charge in [-0.25, -0.2) is 0 Å². The third kappa shape index (κ3) is 3.14. The Morgan fingerprint density at radius 2 is 1.95 bits per heavy atom. The minimum Gasteiger partial charge on any atom is -0.461 e. The molecule has 2 aliphatic heterocycles. The molecule has 0 aromatic heterocycles. The van der Waals surface area contributed by atoms with Crippen LogP contribution < -0.4 is 0 Å². The Bertz CT molecular complexity index is 381. The van der Waals surface area contributed by atoms with Crippen molar-refractivity contribution in [2.24, 2.45) is 5.92 Å². The first-order chi connectivity index (χ1) is 9.72. The molecule has 1 atom stereocenters. The van der Waals surface area contributed by atoms with E-state index in [-0.39, 0.29) is 12.1 Å². The number of rotatable bonds is 3. The van der Waals surface area contributed by atoms with E-state index in [1.165, 1.54) is 6.42 Å². The summed E-state index contributed by atoms with van der Waals surface area (Å²) in [6.45, 7) is 4.46. The molecule has 1 aliphatic carbocycles. The Labute approximate surface area is 120 Å². The maximum Gasteiger partial charge on any atom is 0.306 e. The van der Waals surface area contributed by atoms with Crippen molar-refractivity contribution in [2.45, 2.75) is 44.6 Å². The van der Waals surface area contributed by atoms with Crippen LogP contribution in [0, 0.1) is 5.92 Å². The lowest BCUT2D eigenvalue weighted by molar-refractivity contribution is -0.142. The van der Waals surface area contributed by atoms with E-state index in [9.17, 15) is 9.59 Å². The highest BCUT2D eigenvalue weighted by Crippen LogP contribution is 2.28. The largest absolute Gasteiger partial charge is 0.461 e. The van der Waals surface area contributed by atoms with Gasteiger partial charge < -0.3 is 9.64 Å². The highest BCUT2D eigenvalue weighted by Gasteiger charge is 2.31. The monoisotopic (exact) mass is 280 g/mol. The van der Waals surface area contributed by atoms with Gasteiger partial charge in [0.1, 0.15) is 6.10 Å². The Morgan fingerprint density at radius 3 is 2.60 bits per heavy atom. The number of hydrogen-bond acceptors (Lipinski definition) is 4. The summed E-state index contributed by atoms with van der Waals surface area (Å²) in [6, 6.07) is 0. The van der Waals surface area contributed by atoms with E-state index in [4.69, 9.17) is 4.74 Å². The number of cyclic esters (lactones) is 1. The molecule has 0 spiro atoms. The van der Waals surface area contributed by atoms with Gasteiger partial charge in [0.2, 0.25) is 5.91 Å². The summed E-state index contributed by atoms with van der Waals surface area (Å²) in [5.41, 5.74) is 0. The molecule has 0 N–H and O–H groups in total. The molecule has 5 heteroatoms. The van der Waals surface area contributed by atoms with Gasteiger partial charge in [0, 0.05) is 45.1 Å². The molecule has 0 bridgehead atoms. The molecule has 0 aromatic rings. The fraction of sp³-hybridized carbons (Fsp3) is 0.867. The Kier molecular flexibility index (Phi) is 4.24. The molecular weight excluding hydrogens is 256 g/mol. The van der Waals surface area contributed by atoms with Crippen molar-refractivity contribution in [3.05, 3.63) is 0 Å². The predicted octanol–water partition coefficient (Wildman–Crippen LogP) is 1.03. The smallest absolute Gasteiger partial charge is 0.306 e. The quantitative estimate of drug-likeness (QED) is 0.725. The van der Waals surface area contributed by atoms with Gasteiger partial charge >= 0.3 is 5.97 Å². The molecule has 1 amide bonds. The van der Waals surface area contributed by atoms with E-state index in [0.29, 0.717) is 18.2 Å². The third-order valence-corrected chi connectivity index (χ3v) is 4.78. The molecule has 3 rings (SSSR count). The van der Waals surface area contributed by atoms with Crippen LogP contribution in [0.5, 0.6) is 0 Å². The zero-order valence-electron chi connectivity index (χ0n) is 12.1. The maximum absolute atomic E-state index is 12.3. The van der Waals surface area contributed by atoms with Crippen LogP contribution in [-0.2, 0) is 14.3 Å². The lowest BCUT2D eigenvalue weighted by Crippen LogP contribution is -2.41. The maximum atomic E-state index is 12.3. The Morgan fingerprint density at radius 1 is 1.10 bits per heavy atom. The summed E-state index contributed by atoms with van der Waals surface area (Å²) in [5.74, 6) is 0.606. The summed E-state index contributed by atoms with van der Waals surface area (Å²) in [4.78, 5) is 27.8. The zero-order valence-corrected chi connectivity index (χ0v) is 12.1. The highest BCUT2D eigenvalue weighted by atomic mass is 16.5. The SMILES string of the molecule is O=C1CCC(CN2CCCN(C(=O)C3CCC3)CC2)O1. The van der Waals surface area contributed by atoms with Crippen LogP contribution in [0.4, 0.5) is 0 Å². The molecule has 3 aliphatic rings. The zero-order chi connectivity index (χ0) is 13.9. The fourth-order valence-electron chi connectivity index (χ4n) is 3.29. The van der Waals surface area contributed by atoms with Gasteiger partial charge in [-0.2, -0.15) is 0 Å². The van der Waals surface area contributed by atoms with Crippen LogP contribution in [0.25, 0.3) is 0 Å². The molecule has 1 saturated carbocycles. The van der Waals surface area contributed by atoms with Gasteiger partial charge in [-0.1, -0.05) is 6.42 Å². The van der Waals surface area contributed by atoms with Crippen LogP contribution in [0.15, 0.2) is 0 Å². The number of amides is 1. The normalized spacial score (nSPS) is 28.9. The highest BCUT2D eigenvalue weighted by molar-refractivity contribution is 5.79. The first-order valence-corrected chi connectivity index (χ1v) is 7.93. The van der Waals surface area contributed by atoms with Gasteiger partial charge in [0.25, 0.3) is 0 Å². The summed E-state index contributed by atoms with van der Waals surface area (Å²) < 4.78 is 5.28. The second-order valence-corrected chi connectivity index (χ2v) is 6.26. The van der Waals surface area contributed by atoms with Crippen molar-refractivity contribution in [2.75, 3.05) is 32.7 Å². The van der Waals surface area contributed by atoms with E-state index in [1.807, 2.05) is 4.90 Å². The van der Waals surface area contributed by atoms with Crippen LogP contribution >= 0.6 is 0 Å². The summed E-state index contributed by atoms with van der Waals surface area (Å²) in [6.07, 6.45) is 5.87. The summed E-state index contributed by atoms with van der Waals surface area (Å²) >= 11 is 0. The number of carbonyl (C=O) groups is 2. The number of esters is 1. The molecule has 0 aromatic carbocycles. The lowest BCUT2D eigenvalue weighted by Gasteiger charge is -2.31. The van der Waals surface area contributed by atoms with Crippen LogP contribution in [0.2, 0.25) is 0 Å². The predicted molar refractivity (Wildman–Crippen MR) is 74.1 cm³/mol. The molecule has 2 heterocycles. The van der Waals surface area contributed by atoms with Crippen molar-refractivity contribution in [1.29, 1.82) is 0 Å². The average Bonchev–Trinajstić information content (AvgIpc) is 2.62. The summed E-state index contributed by atoms with van der Waals surface area (Å²) in [5, 5.41) is 0. The van der Waals surface area contributed by atoms with Gasteiger partial charge in [-0.15, -0.1) is 0 Å². The van der Waals surface area contributed by atoms with Gasteiger partial charge in [0.05, 0.1) is 0 Å². The van der Waals surface area contributed by atoms with E-state index in [0.717, 1.165) is 58.4 Å². The topological polar surface area (TPSA) is 49.9 Å². The van der Waals surface area contributed by atoms with Crippen molar-refractivity contribution in [1.82, 2.24) is 9.80 Å². The van der Waals surface area contributed by atoms with Crippen LogP contribution in [0.3, 0.4) is 0 Å². The van der Waals surface area contributed by atoms with Gasteiger partial charge in [-0.3, -0.25) is 14.5 Å². The fourth-order valence-corrected chi connectivity index (χ4v) is 3.29. The van der Waals surface area contributed by atoms with Crippen molar-refractivity contribution < 1.29 is 14.3 Å². The number of nitrogens with zero attached hydrogens (tertiary/aromatic N) is 2. The van der Waals surface area contributed by atoms with Crippen LogP contribution in [-0.4, -0.2) is 60.5 Å². The third-order valence-electron chi connectivity index (χ3n) is 4.78. The van der Waals surface area contributed by atoms with Gasteiger partial charge in [0.15, 0.2) is 0 Å². The van der Waals surface area contributed by atoms with E-state index in [1.54, 1.807) is 0 Å². The molecule has 1 unspecified atom stereocenters. The first-order valence-electron chi connectivity index (χ1n) is 7.93. The molecule has 3 fully saturated rings. The standard InChI is InChI=1S/C15H24N2O3/c18-14-6-5-13(20-14)11-16-7-2-8-17(10-9-16)15(19)12-3-1-4-12/h12-13H,1-11H2. The molecule has 20 heavy (non-hydrogen) atoms. The molecular formula is C15H24N2O3. The minimum atomic E-state index is -0.0633. The minimum absolute atomic E-state index is 0.0633. The average molecular weight is 280 g/mol. The number of carbonyl (C=O) groups excluding carboxylic acids is 2. The number of ether oxygens (including phenoxy) is 1. The van der Waals surface area contributed by atoms with Crippen molar-refractivity contribution in [3.63, 3.8) is 0 Å². The van der Waals surface area contributed by atoms with Crippen LogP contribution in [0.1, 0.15) is 38.5 Å².